The van der Waals surface area contributed by atoms with Gasteiger partial charge in [-0.2, -0.15) is 0 Å². The van der Waals surface area contributed by atoms with Crippen molar-refractivity contribution in [1.82, 2.24) is 14.8 Å². The van der Waals surface area contributed by atoms with E-state index in [9.17, 15) is 0 Å². The lowest BCUT2D eigenvalue weighted by Gasteiger charge is -2.39. The van der Waals surface area contributed by atoms with E-state index in [0.717, 1.165) is 26.2 Å². The monoisotopic (exact) mass is 234 g/mol. The summed E-state index contributed by atoms with van der Waals surface area (Å²) in [6.45, 7) is 10.1. The third kappa shape index (κ3) is 3.17. The largest absolute Gasteiger partial charge is 0.384 e. The third-order valence-electron chi connectivity index (χ3n) is 3.51. The molecule has 4 nitrogen and oxygen atoms in total. The maximum atomic E-state index is 5.59. The van der Waals surface area contributed by atoms with Crippen LogP contribution in [0.4, 0.5) is 5.82 Å². The summed E-state index contributed by atoms with van der Waals surface area (Å²) in [4.78, 5) is 9.15. The van der Waals surface area contributed by atoms with Gasteiger partial charge < -0.3 is 5.73 Å². The van der Waals surface area contributed by atoms with Gasteiger partial charge in [0.25, 0.3) is 0 Å². The molecule has 0 aromatic carbocycles. The molecule has 0 aliphatic carbocycles. The number of anilines is 1. The van der Waals surface area contributed by atoms with Crippen LogP contribution >= 0.6 is 0 Å². The molecule has 0 spiro atoms. The SMILES string of the molecule is CCN1CCN(Cc2ccc(N)nc2)CC1C. The van der Waals surface area contributed by atoms with Crippen LogP contribution in [0.5, 0.6) is 0 Å². The second-order valence-corrected chi connectivity index (χ2v) is 4.80. The highest BCUT2D eigenvalue weighted by Gasteiger charge is 2.21. The van der Waals surface area contributed by atoms with Crippen molar-refractivity contribution in [3.05, 3.63) is 23.9 Å². The van der Waals surface area contributed by atoms with Crippen LogP contribution in [-0.4, -0.2) is 47.0 Å². The average Bonchev–Trinajstić information content (AvgIpc) is 2.32. The molecular formula is C13H22N4. The Morgan fingerprint density at radius 2 is 2.24 bits per heavy atom. The first-order chi connectivity index (χ1) is 8.19. The minimum atomic E-state index is 0.595. The number of nitrogens with zero attached hydrogens (tertiary/aromatic N) is 3. The Hall–Kier alpha value is -1.13. The minimum absolute atomic E-state index is 0.595. The van der Waals surface area contributed by atoms with Crippen LogP contribution < -0.4 is 5.73 Å². The van der Waals surface area contributed by atoms with E-state index in [1.165, 1.54) is 12.1 Å². The van der Waals surface area contributed by atoms with Crippen molar-refractivity contribution in [3.8, 4) is 0 Å². The number of likely N-dealkylation sites (N-methyl/N-ethyl adjacent to an activating group) is 1. The molecule has 1 aliphatic heterocycles. The summed E-state index contributed by atoms with van der Waals surface area (Å²) in [5.41, 5.74) is 6.83. The van der Waals surface area contributed by atoms with Crippen molar-refractivity contribution in [2.75, 3.05) is 31.9 Å². The van der Waals surface area contributed by atoms with Crippen molar-refractivity contribution < 1.29 is 0 Å². The fourth-order valence-electron chi connectivity index (χ4n) is 2.47. The summed E-state index contributed by atoms with van der Waals surface area (Å²) in [6, 6.07) is 4.59. The second kappa shape index (κ2) is 5.47. The Bertz CT molecular complexity index is 349. The molecule has 1 aromatic heterocycles. The van der Waals surface area contributed by atoms with Crippen molar-refractivity contribution in [3.63, 3.8) is 0 Å². The lowest BCUT2D eigenvalue weighted by molar-refractivity contribution is 0.0834. The maximum Gasteiger partial charge on any atom is 0.123 e. The van der Waals surface area contributed by atoms with Gasteiger partial charge in [0.1, 0.15) is 5.82 Å². The number of aromatic nitrogens is 1. The lowest BCUT2D eigenvalue weighted by Crippen LogP contribution is -2.51. The number of pyridine rings is 1. The molecule has 4 heteroatoms. The van der Waals surface area contributed by atoms with Crippen LogP contribution in [-0.2, 0) is 6.54 Å². The summed E-state index contributed by atoms with van der Waals surface area (Å²) in [5.74, 6) is 0.595. The topological polar surface area (TPSA) is 45.4 Å². The van der Waals surface area contributed by atoms with Gasteiger partial charge in [0.2, 0.25) is 0 Å². The highest BCUT2D eigenvalue weighted by atomic mass is 15.3. The van der Waals surface area contributed by atoms with Gasteiger partial charge >= 0.3 is 0 Å². The van der Waals surface area contributed by atoms with Crippen molar-refractivity contribution in [2.24, 2.45) is 0 Å². The molecule has 2 rings (SSSR count). The molecule has 2 heterocycles. The molecule has 1 saturated heterocycles. The zero-order valence-corrected chi connectivity index (χ0v) is 10.8. The zero-order chi connectivity index (χ0) is 12.3. The molecular weight excluding hydrogens is 212 g/mol. The van der Waals surface area contributed by atoms with E-state index >= 15 is 0 Å². The molecule has 1 atom stereocenters. The Labute approximate surface area is 103 Å². The number of rotatable bonds is 3. The Morgan fingerprint density at radius 1 is 1.41 bits per heavy atom. The van der Waals surface area contributed by atoms with Gasteiger partial charge in [-0.25, -0.2) is 4.98 Å². The molecule has 1 unspecified atom stereocenters. The van der Waals surface area contributed by atoms with Crippen molar-refractivity contribution in [1.29, 1.82) is 0 Å². The molecule has 94 valence electrons. The van der Waals surface area contributed by atoms with Crippen molar-refractivity contribution in [2.45, 2.75) is 26.4 Å². The summed E-state index contributed by atoms with van der Waals surface area (Å²) >= 11 is 0. The van der Waals surface area contributed by atoms with E-state index in [2.05, 4.69) is 34.7 Å². The molecule has 1 fully saturated rings. The second-order valence-electron chi connectivity index (χ2n) is 4.80. The fraction of sp³-hybridized carbons (Fsp3) is 0.615. The normalized spacial score (nSPS) is 22.8. The molecule has 1 aliphatic rings. The summed E-state index contributed by atoms with van der Waals surface area (Å²) in [5, 5.41) is 0. The summed E-state index contributed by atoms with van der Waals surface area (Å²) in [6.07, 6.45) is 1.88. The molecule has 0 amide bonds. The quantitative estimate of drug-likeness (QED) is 0.853. The van der Waals surface area contributed by atoms with Gasteiger partial charge in [-0.05, 0) is 25.1 Å². The van der Waals surface area contributed by atoms with Crippen LogP contribution in [0.25, 0.3) is 0 Å². The first kappa shape index (κ1) is 12.3. The number of nitrogens with two attached hydrogens (primary N) is 1. The van der Waals surface area contributed by atoms with E-state index in [1.54, 1.807) is 0 Å². The van der Waals surface area contributed by atoms with Crippen LogP contribution in [0, 0.1) is 0 Å². The Morgan fingerprint density at radius 3 is 2.82 bits per heavy atom. The summed E-state index contributed by atoms with van der Waals surface area (Å²) in [7, 11) is 0. The number of nitrogen functional groups attached to an aromatic ring is 1. The zero-order valence-electron chi connectivity index (χ0n) is 10.8. The summed E-state index contributed by atoms with van der Waals surface area (Å²) < 4.78 is 0. The highest BCUT2D eigenvalue weighted by molar-refractivity contribution is 5.29. The lowest BCUT2D eigenvalue weighted by atomic mass is 10.1. The van der Waals surface area contributed by atoms with E-state index in [-0.39, 0.29) is 0 Å². The van der Waals surface area contributed by atoms with Gasteiger partial charge in [0, 0.05) is 38.4 Å². The van der Waals surface area contributed by atoms with E-state index in [0.29, 0.717) is 11.9 Å². The average molecular weight is 234 g/mol. The van der Waals surface area contributed by atoms with Gasteiger partial charge in [-0.3, -0.25) is 9.80 Å². The molecule has 2 N–H and O–H groups in total. The first-order valence-electron chi connectivity index (χ1n) is 6.36. The standard InChI is InChI=1S/C13H22N4/c1-3-17-7-6-16(9-11(17)2)10-12-4-5-13(14)15-8-12/h4-5,8,11H,3,6-7,9-10H2,1-2H3,(H2,14,15). The van der Waals surface area contributed by atoms with E-state index in [1.807, 2.05) is 12.3 Å². The smallest absolute Gasteiger partial charge is 0.123 e. The Balaban J connectivity index is 1.90. The van der Waals surface area contributed by atoms with E-state index in [4.69, 9.17) is 5.73 Å². The third-order valence-corrected chi connectivity index (χ3v) is 3.51. The van der Waals surface area contributed by atoms with Crippen LogP contribution in [0.15, 0.2) is 18.3 Å². The first-order valence-corrected chi connectivity index (χ1v) is 6.36. The van der Waals surface area contributed by atoms with Gasteiger partial charge in [-0.15, -0.1) is 0 Å². The van der Waals surface area contributed by atoms with Crippen LogP contribution in [0.2, 0.25) is 0 Å². The number of hydrogen-bond acceptors (Lipinski definition) is 4. The van der Waals surface area contributed by atoms with Gasteiger partial charge in [0.15, 0.2) is 0 Å². The highest BCUT2D eigenvalue weighted by Crippen LogP contribution is 2.12. The van der Waals surface area contributed by atoms with Crippen LogP contribution in [0.1, 0.15) is 19.4 Å². The van der Waals surface area contributed by atoms with Gasteiger partial charge in [0.05, 0.1) is 0 Å². The fourth-order valence-corrected chi connectivity index (χ4v) is 2.47. The molecule has 0 radical (unpaired) electrons. The number of piperazine rings is 1. The maximum absolute atomic E-state index is 5.59. The van der Waals surface area contributed by atoms with E-state index < -0.39 is 0 Å². The minimum Gasteiger partial charge on any atom is -0.384 e. The molecule has 0 saturated carbocycles. The van der Waals surface area contributed by atoms with Crippen molar-refractivity contribution >= 4 is 5.82 Å². The molecule has 17 heavy (non-hydrogen) atoms. The molecule has 0 bridgehead atoms. The number of hydrogen-bond donors (Lipinski definition) is 1. The predicted octanol–water partition coefficient (Wildman–Crippen LogP) is 1.19. The predicted molar refractivity (Wildman–Crippen MR) is 70.6 cm³/mol. The van der Waals surface area contributed by atoms with Crippen LogP contribution in [0.3, 0.4) is 0 Å². The molecule has 1 aromatic rings. The van der Waals surface area contributed by atoms with Gasteiger partial charge in [-0.1, -0.05) is 13.0 Å². The Kier molecular flexibility index (Phi) is 3.97.